The minimum Gasteiger partial charge on any atom is -0.353 e. The lowest BCUT2D eigenvalue weighted by Crippen LogP contribution is -2.48. The molecule has 1 fully saturated rings. The first-order valence-corrected chi connectivity index (χ1v) is 9.65. The number of aryl methyl sites for hydroxylation is 1. The number of piperazine rings is 1. The summed E-state index contributed by atoms with van der Waals surface area (Å²) in [5.41, 5.74) is 3.13. The molecule has 1 aliphatic rings. The van der Waals surface area contributed by atoms with Crippen LogP contribution in [0.25, 0.3) is 11.1 Å². The van der Waals surface area contributed by atoms with Crippen LogP contribution in [-0.4, -0.2) is 36.4 Å². The topological polar surface area (TPSA) is 74.3 Å². The van der Waals surface area contributed by atoms with Gasteiger partial charge in [-0.2, -0.15) is 0 Å². The van der Waals surface area contributed by atoms with Gasteiger partial charge in [-0.3, -0.25) is 9.59 Å². The lowest BCUT2D eigenvalue weighted by molar-refractivity contribution is -0.120. The summed E-state index contributed by atoms with van der Waals surface area (Å²) in [6, 6.07) is 15.7. The van der Waals surface area contributed by atoms with E-state index in [9.17, 15) is 14.0 Å². The van der Waals surface area contributed by atoms with E-state index in [1.54, 1.807) is 18.2 Å². The summed E-state index contributed by atoms with van der Waals surface area (Å²) in [6.07, 6.45) is 1.50. The Morgan fingerprint density at radius 1 is 1.10 bits per heavy atom. The third kappa shape index (κ3) is 4.30. The molecular weight excluding hydrogens is 383 g/mol. The van der Waals surface area contributed by atoms with Gasteiger partial charge in [-0.05, 0) is 42.3 Å². The average molecular weight is 404 g/mol. The number of halogens is 1. The molecule has 1 saturated heterocycles. The Morgan fingerprint density at radius 3 is 2.53 bits per heavy atom. The predicted octanol–water partition coefficient (Wildman–Crippen LogP) is 3.38. The molecule has 2 heterocycles. The second-order valence-corrected chi connectivity index (χ2v) is 7.19. The molecule has 0 bridgehead atoms. The van der Waals surface area contributed by atoms with Crippen LogP contribution in [0.1, 0.15) is 15.9 Å². The van der Waals surface area contributed by atoms with Crippen molar-refractivity contribution in [1.82, 2.24) is 10.3 Å². The fraction of sp³-hybridized carbons (Fsp3) is 0.174. The summed E-state index contributed by atoms with van der Waals surface area (Å²) in [6.45, 7) is 3.47. The van der Waals surface area contributed by atoms with E-state index in [4.69, 9.17) is 0 Å². The molecule has 0 atom stereocenters. The van der Waals surface area contributed by atoms with E-state index in [2.05, 4.69) is 15.6 Å². The lowest BCUT2D eigenvalue weighted by atomic mass is 10.0. The van der Waals surface area contributed by atoms with Crippen molar-refractivity contribution in [3.05, 3.63) is 77.7 Å². The van der Waals surface area contributed by atoms with Gasteiger partial charge in [0.2, 0.25) is 5.91 Å². The molecule has 2 N–H and O–H groups in total. The number of nitrogens with one attached hydrogen (secondary N) is 2. The molecule has 152 valence electrons. The molecule has 0 unspecified atom stereocenters. The van der Waals surface area contributed by atoms with E-state index in [0.29, 0.717) is 30.2 Å². The summed E-state index contributed by atoms with van der Waals surface area (Å²) in [5, 5.41) is 5.42. The van der Waals surface area contributed by atoms with Crippen molar-refractivity contribution in [1.29, 1.82) is 0 Å². The van der Waals surface area contributed by atoms with Crippen LogP contribution in [0.2, 0.25) is 0 Å². The number of hydrogen-bond donors (Lipinski definition) is 2. The summed E-state index contributed by atoms with van der Waals surface area (Å²) in [5.74, 6) is -0.536. The highest BCUT2D eigenvalue weighted by Gasteiger charge is 2.18. The zero-order valence-corrected chi connectivity index (χ0v) is 16.5. The Kier molecular flexibility index (Phi) is 5.43. The van der Waals surface area contributed by atoms with Crippen LogP contribution < -0.4 is 15.5 Å². The summed E-state index contributed by atoms with van der Waals surface area (Å²) in [4.78, 5) is 30.2. The third-order valence-electron chi connectivity index (χ3n) is 4.97. The maximum absolute atomic E-state index is 14.6. The molecule has 0 aliphatic carbocycles. The molecule has 0 saturated carbocycles. The second kappa shape index (κ2) is 8.32. The normalized spacial score (nSPS) is 13.7. The number of pyridine rings is 1. The third-order valence-corrected chi connectivity index (χ3v) is 4.97. The standard InChI is InChI=1S/C23H21FN4O2/c1-15-2-4-16(5-3-15)17-6-8-19(20(24)12-17)23(30)27-18-7-9-21(26-13-18)28-11-10-25-22(29)14-28/h2-9,12-13H,10-11,14H2,1H3,(H,25,29)(H,27,30). The number of amides is 2. The molecule has 2 amide bonds. The molecule has 7 heteroatoms. The van der Waals surface area contributed by atoms with Gasteiger partial charge >= 0.3 is 0 Å². The van der Waals surface area contributed by atoms with Gasteiger partial charge in [0.05, 0.1) is 24.0 Å². The van der Waals surface area contributed by atoms with Gasteiger partial charge in [0.15, 0.2) is 0 Å². The van der Waals surface area contributed by atoms with Crippen LogP contribution in [0.3, 0.4) is 0 Å². The monoisotopic (exact) mass is 404 g/mol. The quantitative estimate of drug-likeness (QED) is 0.699. The van der Waals surface area contributed by atoms with Gasteiger partial charge in [-0.1, -0.05) is 35.9 Å². The van der Waals surface area contributed by atoms with E-state index < -0.39 is 11.7 Å². The molecule has 3 aromatic rings. The molecule has 1 aromatic heterocycles. The second-order valence-electron chi connectivity index (χ2n) is 7.19. The van der Waals surface area contributed by atoms with Crippen molar-refractivity contribution in [2.75, 3.05) is 29.9 Å². The maximum atomic E-state index is 14.6. The van der Waals surface area contributed by atoms with Gasteiger partial charge in [0, 0.05) is 13.1 Å². The zero-order valence-electron chi connectivity index (χ0n) is 16.5. The van der Waals surface area contributed by atoms with E-state index in [-0.39, 0.29) is 18.0 Å². The van der Waals surface area contributed by atoms with E-state index in [1.807, 2.05) is 36.1 Å². The van der Waals surface area contributed by atoms with Crippen LogP contribution in [0, 0.1) is 12.7 Å². The lowest BCUT2D eigenvalue weighted by Gasteiger charge is -2.27. The van der Waals surface area contributed by atoms with Crippen molar-refractivity contribution in [2.45, 2.75) is 6.92 Å². The predicted molar refractivity (Wildman–Crippen MR) is 114 cm³/mol. The van der Waals surface area contributed by atoms with Crippen LogP contribution in [0.5, 0.6) is 0 Å². The Bertz CT molecular complexity index is 1080. The Balaban J connectivity index is 1.45. The van der Waals surface area contributed by atoms with Gasteiger partial charge in [-0.15, -0.1) is 0 Å². The molecule has 2 aromatic carbocycles. The van der Waals surface area contributed by atoms with Crippen LogP contribution in [0.4, 0.5) is 15.9 Å². The molecule has 0 spiro atoms. The number of carbonyl (C=O) groups is 2. The van der Waals surface area contributed by atoms with E-state index in [1.165, 1.54) is 18.3 Å². The van der Waals surface area contributed by atoms with Crippen LogP contribution in [0.15, 0.2) is 60.8 Å². The van der Waals surface area contributed by atoms with Crippen molar-refractivity contribution in [3.8, 4) is 11.1 Å². The number of nitrogens with zero attached hydrogens (tertiary/aromatic N) is 2. The zero-order chi connectivity index (χ0) is 21.1. The fourth-order valence-corrected chi connectivity index (χ4v) is 3.30. The first kappa shape index (κ1) is 19.6. The molecular formula is C23H21FN4O2. The first-order chi connectivity index (χ1) is 14.5. The molecule has 30 heavy (non-hydrogen) atoms. The summed E-state index contributed by atoms with van der Waals surface area (Å²) >= 11 is 0. The molecule has 6 nitrogen and oxygen atoms in total. The highest BCUT2D eigenvalue weighted by atomic mass is 19.1. The van der Waals surface area contributed by atoms with E-state index >= 15 is 0 Å². The summed E-state index contributed by atoms with van der Waals surface area (Å²) < 4.78 is 14.6. The molecule has 4 rings (SSSR count). The Morgan fingerprint density at radius 2 is 1.87 bits per heavy atom. The fourth-order valence-electron chi connectivity index (χ4n) is 3.30. The van der Waals surface area contributed by atoms with Crippen LogP contribution >= 0.6 is 0 Å². The first-order valence-electron chi connectivity index (χ1n) is 9.65. The summed E-state index contributed by atoms with van der Waals surface area (Å²) in [7, 11) is 0. The van der Waals surface area contributed by atoms with Gasteiger partial charge in [0.25, 0.3) is 5.91 Å². The average Bonchev–Trinajstić information content (AvgIpc) is 2.74. The highest BCUT2D eigenvalue weighted by molar-refractivity contribution is 6.04. The van der Waals surface area contributed by atoms with Crippen molar-refractivity contribution in [3.63, 3.8) is 0 Å². The number of benzene rings is 2. The van der Waals surface area contributed by atoms with Crippen molar-refractivity contribution < 1.29 is 14.0 Å². The number of aromatic nitrogens is 1. The Hall–Kier alpha value is -3.74. The number of carbonyl (C=O) groups excluding carboxylic acids is 2. The number of anilines is 2. The minimum absolute atomic E-state index is 0.0392. The minimum atomic E-state index is -0.588. The number of rotatable bonds is 4. The van der Waals surface area contributed by atoms with Gasteiger partial charge < -0.3 is 15.5 Å². The number of hydrogen-bond acceptors (Lipinski definition) is 4. The SMILES string of the molecule is Cc1ccc(-c2ccc(C(=O)Nc3ccc(N4CCNC(=O)C4)nc3)c(F)c2)cc1. The largest absolute Gasteiger partial charge is 0.353 e. The smallest absolute Gasteiger partial charge is 0.258 e. The van der Waals surface area contributed by atoms with E-state index in [0.717, 1.165) is 11.1 Å². The van der Waals surface area contributed by atoms with Crippen molar-refractivity contribution in [2.24, 2.45) is 0 Å². The molecule has 0 radical (unpaired) electrons. The van der Waals surface area contributed by atoms with Gasteiger partial charge in [-0.25, -0.2) is 9.37 Å². The highest BCUT2D eigenvalue weighted by Crippen LogP contribution is 2.23. The molecule has 1 aliphatic heterocycles. The van der Waals surface area contributed by atoms with Crippen LogP contribution in [-0.2, 0) is 4.79 Å². The maximum Gasteiger partial charge on any atom is 0.258 e. The van der Waals surface area contributed by atoms with Gasteiger partial charge in [0.1, 0.15) is 11.6 Å². The van der Waals surface area contributed by atoms with Crippen molar-refractivity contribution >= 4 is 23.3 Å². The Labute approximate surface area is 173 Å².